The molecule has 29 heavy (non-hydrogen) atoms. The van der Waals surface area contributed by atoms with Gasteiger partial charge in [-0.3, -0.25) is 4.79 Å². The number of nitrogens with one attached hydrogen (secondary N) is 2. The lowest BCUT2D eigenvalue weighted by molar-refractivity contribution is 0.939. The van der Waals surface area contributed by atoms with Crippen LogP contribution in [0.3, 0.4) is 0 Å². The lowest BCUT2D eigenvalue weighted by Crippen LogP contribution is -2.21. The molecule has 0 radical (unpaired) electrons. The van der Waals surface area contributed by atoms with E-state index < -0.39 is 0 Å². The third-order valence-corrected chi connectivity index (χ3v) is 5.06. The molecule has 4 aromatic rings. The van der Waals surface area contributed by atoms with Crippen molar-refractivity contribution >= 4 is 28.4 Å². The molecular weight excluding hydrogens is 364 g/mol. The Kier molecular flexibility index (Phi) is 4.40. The first kappa shape index (κ1) is 17.4. The highest BCUT2D eigenvalue weighted by Gasteiger charge is 2.19. The van der Waals surface area contributed by atoms with Gasteiger partial charge in [0.05, 0.1) is 16.7 Å². The van der Waals surface area contributed by atoms with Gasteiger partial charge in [-0.2, -0.15) is 5.10 Å². The van der Waals surface area contributed by atoms with Gasteiger partial charge < -0.3 is 10.2 Å². The van der Waals surface area contributed by atoms with Crippen LogP contribution in [0.5, 0.6) is 0 Å². The van der Waals surface area contributed by atoms with E-state index in [4.69, 9.17) is 9.97 Å². The summed E-state index contributed by atoms with van der Waals surface area (Å²) in [6, 6.07) is 19.0. The van der Waals surface area contributed by atoms with E-state index in [2.05, 4.69) is 20.4 Å². The molecule has 0 aliphatic carbocycles. The van der Waals surface area contributed by atoms with Crippen molar-refractivity contribution in [3.8, 4) is 11.3 Å². The highest BCUT2D eigenvalue weighted by atomic mass is 16.1. The predicted octanol–water partition coefficient (Wildman–Crippen LogP) is 3.72. The molecule has 0 amide bonds. The maximum Gasteiger partial charge on any atom is 0.264 e. The van der Waals surface area contributed by atoms with E-state index in [0.29, 0.717) is 5.69 Å². The average molecular weight is 384 g/mol. The minimum absolute atomic E-state index is 0.218. The molecule has 1 aliphatic rings. The molecule has 0 unspecified atom stereocenters. The largest absolute Gasteiger partial charge is 0.354 e. The van der Waals surface area contributed by atoms with Crippen LogP contribution in [0.25, 0.3) is 22.3 Å². The molecule has 0 spiro atoms. The monoisotopic (exact) mass is 384 g/mol. The second-order valence-electron chi connectivity index (χ2n) is 7.09. The summed E-state index contributed by atoms with van der Waals surface area (Å²) < 4.78 is 0. The lowest BCUT2D eigenvalue weighted by atomic mass is 10.1. The lowest BCUT2D eigenvalue weighted by Gasteiger charge is -2.20. The zero-order valence-electron chi connectivity index (χ0n) is 15.8. The first-order chi connectivity index (χ1) is 14.3. The topological polar surface area (TPSA) is 86.8 Å². The van der Waals surface area contributed by atoms with Crippen LogP contribution in [0.15, 0.2) is 65.5 Å². The minimum atomic E-state index is -0.218. The Balaban J connectivity index is 1.54. The molecular formula is C22H20N6O. The van der Waals surface area contributed by atoms with Crippen LogP contribution >= 0.6 is 0 Å². The van der Waals surface area contributed by atoms with Crippen LogP contribution < -0.4 is 15.8 Å². The molecule has 1 saturated heterocycles. The van der Waals surface area contributed by atoms with Crippen molar-refractivity contribution in [3.63, 3.8) is 0 Å². The second-order valence-corrected chi connectivity index (χ2v) is 7.09. The summed E-state index contributed by atoms with van der Waals surface area (Å²) in [7, 11) is 0. The first-order valence-electron chi connectivity index (χ1n) is 9.71. The van der Waals surface area contributed by atoms with E-state index in [1.165, 1.54) is 18.9 Å². The molecule has 0 atom stereocenters. The Labute approximate surface area is 167 Å². The standard InChI is InChI=1S/C22H20N6O/c29-20-11-10-17(26-27-20)15-6-5-7-16(14-15)23-21-22(28-12-3-4-13-28)25-19-9-2-1-8-18(19)24-21/h1-2,5-11,14H,3-4,12-13H2,(H,23,24)(H,27,29). The summed E-state index contributed by atoms with van der Waals surface area (Å²) in [5.74, 6) is 1.63. The van der Waals surface area contributed by atoms with Crippen molar-refractivity contribution in [2.45, 2.75) is 12.8 Å². The summed E-state index contributed by atoms with van der Waals surface area (Å²) >= 11 is 0. The molecule has 2 N–H and O–H groups in total. The summed E-state index contributed by atoms with van der Waals surface area (Å²) in [6.07, 6.45) is 2.34. The van der Waals surface area contributed by atoms with Crippen molar-refractivity contribution in [3.05, 3.63) is 71.0 Å². The van der Waals surface area contributed by atoms with Crippen LogP contribution in [0.4, 0.5) is 17.3 Å². The zero-order valence-corrected chi connectivity index (χ0v) is 15.8. The van der Waals surface area contributed by atoms with Crippen molar-refractivity contribution in [1.82, 2.24) is 20.2 Å². The third-order valence-electron chi connectivity index (χ3n) is 5.06. The number of rotatable bonds is 4. The van der Waals surface area contributed by atoms with Crippen LogP contribution in [-0.2, 0) is 0 Å². The van der Waals surface area contributed by atoms with Crippen molar-refractivity contribution in [1.29, 1.82) is 0 Å². The highest BCUT2D eigenvalue weighted by molar-refractivity contribution is 5.82. The fourth-order valence-corrected chi connectivity index (χ4v) is 3.62. The Morgan fingerprint density at radius 2 is 1.69 bits per heavy atom. The Morgan fingerprint density at radius 1 is 0.897 bits per heavy atom. The number of fused-ring (bicyclic) bond motifs is 1. The highest BCUT2D eigenvalue weighted by Crippen LogP contribution is 2.31. The van der Waals surface area contributed by atoms with Crippen molar-refractivity contribution < 1.29 is 0 Å². The number of H-pyrrole nitrogens is 1. The van der Waals surface area contributed by atoms with Gasteiger partial charge in [0.2, 0.25) is 0 Å². The molecule has 0 saturated carbocycles. The molecule has 0 bridgehead atoms. The van der Waals surface area contributed by atoms with E-state index in [1.54, 1.807) is 6.07 Å². The fraction of sp³-hybridized carbons (Fsp3) is 0.182. The van der Waals surface area contributed by atoms with Gasteiger partial charge in [0.1, 0.15) is 0 Å². The van der Waals surface area contributed by atoms with Crippen LogP contribution in [-0.4, -0.2) is 33.3 Å². The SMILES string of the molecule is O=c1ccc(-c2cccc(Nc3nc4ccccc4nc3N3CCCC3)c2)n[nH]1. The van der Waals surface area contributed by atoms with Crippen LogP contribution in [0.1, 0.15) is 12.8 Å². The van der Waals surface area contributed by atoms with Gasteiger partial charge in [-0.1, -0.05) is 24.3 Å². The van der Waals surface area contributed by atoms with Gasteiger partial charge >= 0.3 is 0 Å². The van der Waals surface area contributed by atoms with Gasteiger partial charge in [-0.05, 0) is 43.2 Å². The fourth-order valence-electron chi connectivity index (χ4n) is 3.62. The minimum Gasteiger partial charge on any atom is -0.354 e. The predicted molar refractivity (Wildman–Crippen MR) is 115 cm³/mol. The van der Waals surface area contributed by atoms with E-state index in [0.717, 1.165) is 47.0 Å². The van der Waals surface area contributed by atoms with E-state index >= 15 is 0 Å². The first-order valence-corrected chi connectivity index (χ1v) is 9.71. The average Bonchev–Trinajstić information content (AvgIpc) is 3.29. The number of hydrogen-bond donors (Lipinski definition) is 2. The second kappa shape index (κ2) is 7.35. The number of benzene rings is 2. The molecule has 2 aromatic carbocycles. The van der Waals surface area contributed by atoms with Gasteiger partial charge in [0.25, 0.3) is 5.56 Å². The van der Waals surface area contributed by atoms with E-state index in [1.807, 2.05) is 48.5 Å². The zero-order chi connectivity index (χ0) is 19.6. The van der Waals surface area contributed by atoms with Crippen LogP contribution in [0.2, 0.25) is 0 Å². The van der Waals surface area contributed by atoms with Crippen LogP contribution in [0, 0.1) is 0 Å². The third kappa shape index (κ3) is 3.54. The molecule has 2 aromatic heterocycles. The smallest absolute Gasteiger partial charge is 0.264 e. The van der Waals surface area contributed by atoms with Gasteiger partial charge in [-0.15, -0.1) is 0 Å². The summed E-state index contributed by atoms with van der Waals surface area (Å²) in [6.45, 7) is 1.98. The molecule has 1 aliphatic heterocycles. The van der Waals surface area contributed by atoms with Gasteiger partial charge in [0, 0.05) is 30.4 Å². The maximum absolute atomic E-state index is 11.3. The number of aromatic amines is 1. The van der Waals surface area contributed by atoms with E-state index in [9.17, 15) is 4.79 Å². The normalized spacial score (nSPS) is 13.7. The van der Waals surface area contributed by atoms with Crippen molar-refractivity contribution in [2.75, 3.05) is 23.3 Å². The molecule has 1 fully saturated rings. The van der Waals surface area contributed by atoms with E-state index in [-0.39, 0.29) is 5.56 Å². The molecule has 7 heteroatoms. The number of aromatic nitrogens is 4. The molecule has 3 heterocycles. The quantitative estimate of drug-likeness (QED) is 0.558. The Bertz CT molecular complexity index is 1210. The molecule has 5 rings (SSSR count). The van der Waals surface area contributed by atoms with Gasteiger partial charge in [0.15, 0.2) is 11.6 Å². The number of para-hydroxylation sites is 2. The van der Waals surface area contributed by atoms with Gasteiger partial charge in [-0.25, -0.2) is 15.1 Å². The Morgan fingerprint density at radius 3 is 2.45 bits per heavy atom. The Hall–Kier alpha value is -3.74. The number of anilines is 3. The summed E-state index contributed by atoms with van der Waals surface area (Å²) in [5.41, 5.74) is 4.04. The molecule has 144 valence electrons. The summed E-state index contributed by atoms with van der Waals surface area (Å²) in [4.78, 5) is 23.3. The van der Waals surface area contributed by atoms with Crippen molar-refractivity contribution in [2.24, 2.45) is 0 Å². The number of hydrogen-bond acceptors (Lipinski definition) is 6. The summed E-state index contributed by atoms with van der Waals surface area (Å²) in [5, 5.41) is 10.0. The molecule has 7 nitrogen and oxygen atoms in total. The number of nitrogens with zero attached hydrogens (tertiary/aromatic N) is 4. The maximum atomic E-state index is 11.3.